The van der Waals surface area contributed by atoms with Crippen LogP contribution < -0.4 is 5.32 Å². The van der Waals surface area contributed by atoms with Crippen molar-refractivity contribution in [3.63, 3.8) is 0 Å². The van der Waals surface area contributed by atoms with Crippen molar-refractivity contribution in [2.45, 2.75) is 89.8 Å². The minimum absolute atomic E-state index is 0.0986. The van der Waals surface area contributed by atoms with Crippen molar-refractivity contribution >= 4 is 11.6 Å². The molecule has 0 aliphatic carbocycles. The molecule has 2 fully saturated rings. The van der Waals surface area contributed by atoms with Crippen LogP contribution in [0.15, 0.2) is 66.7 Å². The maximum absolute atomic E-state index is 15.1. The Morgan fingerprint density at radius 3 is 2.33 bits per heavy atom. The largest absolute Gasteiger partial charge is 0.404 e. The lowest BCUT2D eigenvalue weighted by Crippen LogP contribution is -2.45. The van der Waals surface area contributed by atoms with Crippen molar-refractivity contribution in [2.24, 2.45) is 5.92 Å². The van der Waals surface area contributed by atoms with Gasteiger partial charge in [0.15, 0.2) is 0 Å². The summed E-state index contributed by atoms with van der Waals surface area (Å²) in [6.45, 7) is 9.04. The van der Waals surface area contributed by atoms with Crippen molar-refractivity contribution in [3.05, 3.63) is 100 Å². The number of anilines is 1. The van der Waals surface area contributed by atoms with Gasteiger partial charge >= 0.3 is 6.18 Å². The number of nitrogens with one attached hydrogen (secondary N) is 1. The van der Waals surface area contributed by atoms with Crippen molar-refractivity contribution in [1.29, 1.82) is 0 Å². The summed E-state index contributed by atoms with van der Waals surface area (Å²) >= 11 is 0. The summed E-state index contributed by atoms with van der Waals surface area (Å²) in [6.07, 6.45) is -3.80. The molecule has 0 spiro atoms. The average Bonchev–Trinajstić information content (AvgIpc) is 3.46. The third-order valence-corrected chi connectivity index (χ3v) is 9.29. The highest BCUT2D eigenvalue weighted by molar-refractivity contribution is 5.93. The summed E-state index contributed by atoms with van der Waals surface area (Å²) in [5, 5.41) is 14.7. The zero-order chi connectivity index (χ0) is 32.5. The van der Waals surface area contributed by atoms with Crippen molar-refractivity contribution in [1.82, 2.24) is 9.80 Å². The Bertz CT molecular complexity index is 1460. The summed E-state index contributed by atoms with van der Waals surface area (Å²) < 4.78 is 55.7. The number of piperidine rings is 1. The van der Waals surface area contributed by atoms with Gasteiger partial charge in [-0.1, -0.05) is 69.3 Å². The number of likely N-dealkylation sites (tertiary alicyclic amines) is 2. The smallest absolute Gasteiger partial charge is 0.374 e. The molecule has 5 rings (SSSR count). The van der Waals surface area contributed by atoms with Gasteiger partial charge < -0.3 is 10.4 Å². The second-order valence-electron chi connectivity index (χ2n) is 13.5. The third-order valence-electron chi connectivity index (χ3n) is 9.29. The maximum atomic E-state index is 15.1. The number of alkyl halides is 3. The first-order valence-electron chi connectivity index (χ1n) is 15.7. The van der Waals surface area contributed by atoms with E-state index < -0.39 is 36.2 Å². The molecule has 2 heterocycles. The van der Waals surface area contributed by atoms with Crippen molar-refractivity contribution in [3.8, 4) is 0 Å². The molecular weight excluding hydrogens is 582 g/mol. The van der Waals surface area contributed by atoms with Gasteiger partial charge in [-0.05, 0) is 85.0 Å². The zero-order valence-corrected chi connectivity index (χ0v) is 26.4. The Hall–Kier alpha value is -3.27. The second-order valence-corrected chi connectivity index (χ2v) is 13.5. The van der Waals surface area contributed by atoms with Crippen LogP contribution in [-0.2, 0) is 16.8 Å². The highest BCUT2D eigenvalue weighted by Gasteiger charge is 2.46. The van der Waals surface area contributed by atoms with Gasteiger partial charge in [-0.25, -0.2) is 4.39 Å². The molecule has 2 saturated heterocycles. The lowest BCUT2D eigenvalue weighted by molar-refractivity contribution is -0.177. The van der Waals surface area contributed by atoms with E-state index in [-0.39, 0.29) is 29.9 Å². The molecule has 3 aromatic rings. The maximum Gasteiger partial charge on any atom is 0.404 e. The minimum Gasteiger partial charge on any atom is -0.374 e. The quantitative estimate of drug-likeness (QED) is 0.261. The van der Waals surface area contributed by atoms with Crippen molar-refractivity contribution < 1.29 is 27.5 Å². The number of aliphatic hydroxyl groups excluding tert-OH is 1. The van der Waals surface area contributed by atoms with Gasteiger partial charge in [-0.3, -0.25) is 14.6 Å². The highest BCUT2D eigenvalue weighted by Crippen LogP contribution is 2.42. The van der Waals surface area contributed by atoms with E-state index in [1.807, 2.05) is 36.4 Å². The topological polar surface area (TPSA) is 55.8 Å². The van der Waals surface area contributed by atoms with E-state index in [2.05, 4.69) is 26.1 Å². The van der Waals surface area contributed by atoms with Gasteiger partial charge in [-0.2, -0.15) is 13.2 Å². The van der Waals surface area contributed by atoms with Crippen LogP contribution in [0.3, 0.4) is 0 Å². The Morgan fingerprint density at radius 2 is 1.67 bits per heavy atom. The van der Waals surface area contributed by atoms with Crippen LogP contribution in [0.5, 0.6) is 0 Å². The lowest BCUT2D eigenvalue weighted by atomic mass is 9.82. The van der Waals surface area contributed by atoms with Crippen LogP contribution in [0, 0.1) is 18.7 Å². The van der Waals surface area contributed by atoms with Crippen LogP contribution in [0.25, 0.3) is 0 Å². The summed E-state index contributed by atoms with van der Waals surface area (Å²) in [4.78, 5) is 17.2. The monoisotopic (exact) mass is 625 g/mol. The minimum atomic E-state index is -4.27. The molecule has 45 heavy (non-hydrogen) atoms. The van der Waals surface area contributed by atoms with Gasteiger partial charge in [0, 0.05) is 30.4 Å². The number of carbonyl (C=O) groups excluding carboxylic acids is 1. The molecule has 0 unspecified atom stereocenters. The molecule has 5 nitrogen and oxygen atoms in total. The summed E-state index contributed by atoms with van der Waals surface area (Å²) in [5.41, 5.74) is 3.90. The van der Waals surface area contributed by atoms with Crippen molar-refractivity contribution in [2.75, 3.05) is 18.4 Å². The summed E-state index contributed by atoms with van der Waals surface area (Å²) in [6, 6.07) is 17.6. The van der Waals surface area contributed by atoms with Crippen LogP contribution >= 0.6 is 0 Å². The number of aliphatic hydroxyl groups is 1. The normalized spacial score (nSPS) is 22.4. The molecule has 9 heteroatoms. The fourth-order valence-corrected chi connectivity index (χ4v) is 6.87. The number of carbonyl (C=O) groups is 1. The lowest BCUT2D eigenvalue weighted by Gasteiger charge is -2.43. The number of halogens is 4. The number of rotatable bonds is 7. The Morgan fingerprint density at radius 1 is 0.978 bits per heavy atom. The van der Waals surface area contributed by atoms with Crippen LogP contribution in [0.1, 0.15) is 86.5 Å². The van der Waals surface area contributed by atoms with Crippen LogP contribution in [-0.4, -0.2) is 46.1 Å². The van der Waals surface area contributed by atoms with E-state index in [4.69, 9.17) is 0 Å². The van der Waals surface area contributed by atoms with Gasteiger partial charge in [-0.15, -0.1) is 0 Å². The molecule has 3 aromatic carbocycles. The van der Waals surface area contributed by atoms with Crippen LogP contribution in [0.2, 0.25) is 0 Å². The fraction of sp³-hybridized carbons (Fsp3) is 0.472. The molecule has 1 amide bonds. The molecular formula is C36H43F4N3O2. The molecule has 242 valence electrons. The van der Waals surface area contributed by atoms with Crippen LogP contribution in [0.4, 0.5) is 23.2 Å². The fourth-order valence-electron chi connectivity index (χ4n) is 6.87. The summed E-state index contributed by atoms with van der Waals surface area (Å²) in [5.74, 6) is -1.30. The van der Waals surface area contributed by atoms with E-state index in [1.165, 1.54) is 11.0 Å². The SMILES string of the molecule is Cc1cccc(F)c1[C@H](O)N1CCC[C@H](C(=O)Nc2cccc(C(C)(C)C)c2)[C@@H]1c1ccc(CN2CCC[C@@H]2C(F)(F)F)cc1. The van der Waals surface area contributed by atoms with Gasteiger partial charge in [0.25, 0.3) is 0 Å². The predicted octanol–water partition coefficient (Wildman–Crippen LogP) is 8.04. The molecule has 4 atom stereocenters. The average molecular weight is 626 g/mol. The van der Waals surface area contributed by atoms with E-state index in [0.29, 0.717) is 43.6 Å². The van der Waals surface area contributed by atoms with E-state index in [0.717, 1.165) is 16.7 Å². The molecule has 2 aliphatic heterocycles. The van der Waals surface area contributed by atoms with E-state index in [9.17, 15) is 23.1 Å². The zero-order valence-electron chi connectivity index (χ0n) is 26.4. The molecule has 0 radical (unpaired) electrons. The number of hydrogen-bond acceptors (Lipinski definition) is 4. The number of benzene rings is 3. The van der Waals surface area contributed by atoms with Gasteiger partial charge in [0.05, 0.1) is 5.92 Å². The first-order valence-corrected chi connectivity index (χ1v) is 15.7. The third kappa shape index (κ3) is 7.42. The molecule has 2 N–H and O–H groups in total. The Balaban J connectivity index is 1.46. The van der Waals surface area contributed by atoms with Gasteiger partial charge in [0.2, 0.25) is 5.91 Å². The number of hydrogen-bond donors (Lipinski definition) is 2. The Labute approximate surface area is 263 Å². The first kappa shape index (κ1) is 33.1. The van der Waals surface area contributed by atoms with E-state index in [1.54, 1.807) is 36.1 Å². The molecule has 0 bridgehead atoms. The van der Waals surface area contributed by atoms with Gasteiger partial charge in [0.1, 0.15) is 18.1 Å². The predicted molar refractivity (Wildman–Crippen MR) is 168 cm³/mol. The number of nitrogens with zero attached hydrogens (tertiary/aromatic N) is 2. The molecule has 0 aromatic heterocycles. The molecule has 0 saturated carbocycles. The highest BCUT2D eigenvalue weighted by atomic mass is 19.4. The summed E-state index contributed by atoms with van der Waals surface area (Å²) in [7, 11) is 0. The molecule has 2 aliphatic rings. The Kier molecular flexibility index (Phi) is 9.73. The standard InChI is InChI=1S/C36H43F4N3O2/c1-23-9-5-13-29(37)31(23)34(45)43-20-7-12-28(33(44)41-27-11-6-10-26(21-27)35(2,3)4)32(43)25-17-15-24(16-18-25)22-42-19-8-14-30(42)36(38,39)40/h5-6,9-11,13,15-18,21,28,30,32,34,45H,7-8,12,14,19-20,22H2,1-4H3,(H,41,44)/t28-,30+,32-,34-/m0/s1. The van der Waals surface area contributed by atoms with E-state index >= 15 is 4.39 Å². The number of amides is 1. The number of aryl methyl sites for hydroxylation is 1. The second kappa shape index (κ2) is 13.2. The first-order chi connectivity index (χ1) is 21.2.